The topological polar surface area (TPSA) is 87.2 Å². The number of nitrogens with zero attached hydrogens (tertiary/aromatic N) is 2. The molecule has 7 nitrogen and oxygen atoms in total. The fourth-order valence-electron chi connectivity index (χ4n) is 1.94. The first kappa shape index (κ1) is 16.3. The molecule has 1 aliphatic rings. The molecule has 0 aromatic heterocycles. The van der Waals surface area contributed by atoms with Crippen LogP contribution < -0.4 is 0 Å². The molecule has 1 fully saturated rings. The highest BCUT2D eigenvalue weighted by molar-refractivity contribution is 5.84. The van der Waals surface area contributed by atoms with E-state index >= 15 is 0 Å². The molecule has 114 valence electrons. The minimum Gasteiger partial charge on any atom is -0.480 e. The Morgan fingerprint density at radius 2 is 1.85 bits per heavy atom. The van der Waals surface area contributed by atoms with E-state index < -0.39 is 18.0 Å². The number of carboxylic acid groups (broad SMARTS) is 1. The Morgan fingerprint density at radius 3 is 2.30 bits per heavy atom. The van der Waals surface area contributed by atoms with E-state index in [1.807, 2.05) is 6.92 Å². The number of carbonyl (C=O) groups excluding carboxylic acids is 2. The van der Waals surface area contributed by atoms with Gasteiger partial charge in [-0.1, -0.05) is 6.92 Å². The van der Waals surface area contributed by atoms with Crippen LogP contribution in [0.1, 0.15) is 33.1 Å². The Kier molecular flexibility index (Phi) is 6.27. The highest BCUT2D eigenvalue weighted by Gasteiger charge is 2.36. The van der Waals surface area contributed by atoms with Crippen LogP contribution in [-0.2, 0) is 14.3 Å². The molecule has 1 aliphatic carbocycles. The summed E-state index contributed by atoms with van der Waals surface area (Å²) >= 11 is 0. The first-order chi connectivity index (χ1) is 9.49. The summed E-state index contributed by atoms with van der Waals surface area (Å²) in [7, 11) is 0. The van der Waals surface area contributed by atoms with Crippen molar-refractivity contribution in [2.24, 2.45) is 0 Å². The van der Waals surface area contributed by atoms with Crippen LogP contribution >= 0.6 is 0 Å². The maximum Gasteiger partial charge on any atom is 0.325 e. The molecular weight excluding hydrogens is 264 g/mol. The molecule has 0 spiro atoms. The van der Waals surface area contributed by atoms with Crippen LogP contribution in [0.2, 0.25) is 0 Å². The zero-order valence-electron chi connectivity index (χ0n) is 12.0. The lowest BCUT2D eigenvalue weighted by Gasteiger charge is -2.29. The summed E-state index contributed by atoms with van der Waals surface area (Å²) < 4.78 is 4.85. The fourth-order valence-corrected chi connectivity index (χ4v) is 1.94. The average Bonchev–Trinajstić information content (AvgIpc) is 3.18. The smallest absolute Gasteiger partial charge is 0.325 e. The van der Waals surface area contributed by atoms with Crippen LogP contribution in [0.25, 0.3) is 0 Å². The van der Waals surface area contributed by atoms with E-state index in [4.69, 9.17) is 9.84 Å². The number of rotatable bonds is 8. The van der Waals surface area contributed by atoms with Crippen molar-refractivity contribution in [1.82, 2.24) is 9.80 Å². The molecule has 0 aromatic rings. The van der Waals surface area contributed by atoms with E-state index in [1.165, 1.54) is 9.80 Å². The van der Waals surface area contributed by atoms with Gasteiger partial charge in [-0.3, -0.25) is 9.59 Å². The third kappa shape index (κ3) is 5.07. The van der Waals surface area contributed by atoms with E-state index in [2.05, 4.69) is 0 Å². The number of hydrogen-bond donors (Lipinski definition) is 1. The van der Waals surface area contributed by atoms with Crippen molar-refractivity contribution in [3.05, 3.63) is 0 Å². The third-order valence-corrected chi connectivity index (χ3v) is 2.93. The fraction of sp³-hybridized carbons (Fsp3) is 0.769. The molecule has 0 heterocycles. The molecule has 0 unspecified atom stereocenters. The summed E-state index contributed by atoms with van der Waals surface area (Å²) in [6, 6.07) is -0.370. The molecule has 0 aromatic carbocycles. The van der Waals surface area contributed by atoms with Crippen molar-refractivity contribution < 1.29 is 24.2 Å². The SMILES string of the molecule is CCCN(CC(=O)O)C(=O)N(CC(=O)OCC)C1CC1. The largest absolute Gasteiger partial charge is 0.480 e. The van der Waals surface area contributed by atoms with Gasteiger partial charge in [0, 0.05) is 12.6 Å². The van der Waals surface area contributed by atoms with Gasteiger partial charge in [0.25, 0.3) is 0 Å². The lowest BCUT2D eigenvalue weighted by atomic mass is 10.4. The summed E-state index contributed by atoms with van der Waals surface area (Å²) in [4.78, 5) is 37.4. The number of carbonyl (C=O) groups is 3. The van der Waals surface area contributed by atoms with Gasteiger partial charge in [-0.25, -0.2) is 4.79 Å². The molecule has 0 radical (unpaired) electrons. The van der Waals surface area contributed by atoms with E-state index in [1.54, 1.807) is 6.92 Å². The Hall–Kier alpha value is -1.79. The molecule has 0 bridgehead atoms. The molecule has 1 rings (SSSR count). The number of esters is 1. The van der Waals surface area contributed by atoms with Crippen LogP contribution in [0.3, 0.4) is 0 Å². The molecular formula is C13H22N2O5. The van der Waals surface area contributed by atoms with Gasteiger partial charge in [0.15, 0.2) is 0 Å². The van der Waals surface area contributed by atoms with Gasteiger partial charge in [0.2, 0.25) is 0 Å². The van der Waals surface area contributed by atoms with Gasteiger partial charge in [0.1, 0.15) is 13.1 Å². The zero-order valence-corrected chi connectivity index (χ0v) is 12.0. The quantitative estimate of drug-likeness (QED) is 0.671. The Morgan fingerprint density at radius 1 is 1.20 bits per heavy atom. The van der Waals surface area contributed by atoms with Gasteiger partial charge >= 0.3 is 18.0 Å². The molecule has 1 N–H and O–H groups in total. The van der Waals surface area contributed by atoms with Crippen LogP contribution in [0, 0.1) is 0 Å². The molecule has 1 saturated carbocycles. The zero-order chi connectivity index (χ0) is 15.1. The molecule has 0 aliphatic heterocycles. The normalized spacial score (nSPS) is 13.7. The number of aliphatic carboxylic acids is 1. The highest BCUT2D eigenvalue weighted by Crippen LogP contribution is 2.27. The molecule has 7 heteroatoms. The lowest BCUT2D eigenvalue weighted by Crippen LogP contribution is -2.48. The summed E-state index contributed by atoms with van der Waals surface area (Å²) in [5, 5.41) is 8.86. The Balaban J connectivity index is 2.69. The summed E-state index contributed by atoms with van der Waals surface area (Å²) in [5.41, 5.74) is 0. The molecule has 2 amide bonds. The van der Waals surface area contributed by atoms with Crippen LogP contribution in [-0.4, -0.2) is 65.2 Å². The summed E-state index contributed by atoms with van der Waals surface area (Å²) in [5.74, 6) is -1.52. The second-order valence-corrected chi connectivity index (χ2v) is 4.76. The van der Waals surface area contributed by atoms with Crippen LogP contribution in [0.4, 0.5) is 4.79 Å². The van der Waals surface area contributed by atoms with Gasteiger partial charge in [0.05, 0.1) is 6.61 Å². The number of amides is 2. The van der Waals surface area contributed by atoms with E-state index in [-0.39, 0.29) is 25.7 Å². The van der Waals surface area contributed by atoms with Crippen molar-refractivity contribution in [2.45, 2.75) is 39.2 Å². The molecule has 0 saturated heterocycles. The van der Waals surface area contributed by atoms with E-state index in [0.29, 0.717) is 13.0 Å². The van der Waals surface area contributed by atoms with Gasteiger partial charge in [-0.2, -0.15) is 0 Å². The van der Waals surface area contributed by atoms with E-state index in [0.717, 1.165) is 12.8 Å². The minimum atomic E-state index is -1.06. The Labute approximate surface area is 118 Å². The second-order valence-electron chi connectivity index (χ2n) is 4.76. The third-order valence-electron chi connectivity index (χ3n) is 2.93. The van der Waals surface area contributed by atoms with Gasteiger partial charge in [-0.15, -0.1) is 0 Å². The van der Waals surface area contributed by atoms with Crippen molar-refractivity contribution in [3.63, 3.8) is 0 Å². The first-order valence-corrected chi connectivity index (χ1v) is 6.92. The molecule has 0 atom stereocenters. The monoisotopic (exact) mass is 286 g/mol. The predicted octanol–water partition coefficient (Wildman–Crippen LogP) is 0.930. The predicted molar refractivity (Wildman–Crippen MR) is 71.3 cm³/mol. The molecule has 20 heavy (non-hydrogen) atoms. The lowest BCUT2D eigenvalue weighted by molar-refractivity contribution is -0.144. The number of urea groups is 1. The van der Waals surface area contributed by atoms with Crippen molar-refractivity contribution in [1.29, 1.82) is 0 Å². The summed E-state index contributed by atoms with van der Waals surface area (Å²) in [6.45, 7) is 3.73. The second kappa shape index (κ2) is 7.72. The van der Waals surface area contributed by atoms with Crippen LogP contribution in [0.15, 0.2) is 0 Å². The first-order valence-electron chi connectivity index (χ1n) is 6.92. The average molecular weight is 286 g/mol. The van der Waals surface area contributed by atoms with E-state index in [9.17, 15) is 14.4 Å². The highest BCUT2D eigenvalue weighted by atomic mass is 16.5. The number of ether oxygens (including phenoxy) is 1. The maximum atomic E-state index is 12.4. The number of hydrogen-bond acceptors (Lipinski definition) is 4. The standard InChI is InChI=1S/C13H22N2O5/c1-3-7-14(8-11(16)17)13(19)15(10-5-6-10)9-12(18)20-4-2/h10H,3-9H2,1-2H3,(H,16,17). The number of carboxylic acids is 1. The maximum absolute atomic E-state index is 12.4. The van der Waals surface area contributed by atoms with Crippen LogP contribution in [0.5, 0.6) is 0 Å². The summed E-state index contributed by atoms with van der Waals surface area (Å²) in [6.07, 6.45) is 2.35. The van der Waals surface area contributed by atoms with Gasteiger partial charge in [-0.05, 0) is 26.2 Å². The van der Waals surface area contributed by atoms with Gasteiger partial charge < -0.3 is 19.6 Å². The van der Waals surface area contributed by atoms with Crippen molar-refractivity contribution in [2.75, 3.05) is 26.2 Å². The van der Waals surface area contributed by atoms with Crippen molar-refractivity contribution >= 4 is 18.0 Å². The van der Waals surface area contributed by atoms with Crippen molar-refractivity contribution in [3.8, 4) is 0 Å². The minimum absolute atomic E-state index is 0.0278. The Bertz CT molecular complexity index is 368.